The van der Waals surface area contributed by atoms with Gasteiger partial charge in [0.2, 0.25) is 11.8 Å². The van der Waals surface area contributed by atoms with Crippen LogP contribution in [-0.2, 0) is 9.59 Å². The molecule has 1 aliphatic heterocycles. The molecule has 3 rings (SSSR count). The van der Waals surface area contributed by atoms with Crippen LogP contribution in [0.25, 0.3) is 0 Å². The van der Waals surface area contributed by atoms with E-state index in [-0.39, 0.29) is 35.0 Å². The van der Waals surface area contributed by atoms with Crippen LogP contribution in [0, 0.1) is 18.8 Å². The van der Waals surface area contributed by atoms with Crippen molar-refractivity contribution in [3.63, 3.8) is 0 Å². The number of carbonyl (C=O) groups excluding carboxylic acids is 2. The van der Waals surface area contributed by atoms with Gasteiger partial charge in [-0.2, -0.15) is 0 Å². The van der Waals surface area contributed by atoms with E-state index in [1.54, 1.807) is 13.0 Å². The SMILES string of the molecule is Cc1cc(N2C(=O)C3CCCCC3C2=O)c(C(=O)O)[nH]1. The van der Waals surface area contributed by atoms with Crippen LogP contribution in [0.1, 0.15) is 41.9 Å². The Kier molecular flexibility index (Phi) is 2.88. The standard InChI is InChI=1S/C14H16N2O4/c1-7-6-10(11(15-7)14(19)20)16-12(17)8-4-2-3-5-9(8)13(16)18/h6,8-9,15H,2-5H2,1H3,(H,19,20). The molecule has 106 valence electrons. The maximum atomic E-state index is 12.4. The lowest BCUT2D eigenvalue weighted by molar-refractivity contribution is -0.122. The van der Waals surface area contributed by atoms with Gasteiger partial charge < -0.3 is 10.1 Å². The van der Waals surface area contributed by atoms with Gasteiger partial charge in [-0.3, -0.25) is 9.59 Å². The molecule has 6 heteroatoms. The normalized spacial score (nSPS) is 25.9. The van der Waals surface area contributed by atoms with Crippen LogP contribution >= 0.6 is 0 Å². The van der Waals surface area contributed by atoms with Gasteiger partial charge in [-0.15, -0.1) is 0 Å². The smallest absolute Gasteiger partial charge is 0.354 e. The van der Waals surface area contributed by atoms with Crippen molar-refractivity contribution in [2.45, 2.75) is 32.6 Å². The highest BCUT2D eigenvalue weighted by Crippen LogP contribution is 2.41. The third-order valence-corrected chi connectivity index (χ3v) is 4.23. The van der Waals surface area contributed by atoms with Crippen molar-refractivity contribution < 1.29 is 19.5 Å². The number of amides is 2. The monoisotopic (exact) mass is 276 g/mol. The summed E-state index contributed by atoms with van der Waals surface area (Å²) in [6.45, 7) is 1.70. The Balaban J connectivity index is 2.04. The van der Waals surface area contributed by atoms with Gasteiger partial charge in [0.1, 0.15) is 5.69 Å². The summed E-state index contributed by atoms with van der Waals surface area (Å²) in [5.41, 5.74) is 0.704. The topological polar surface area (TPSA) is 90.5 Å². The third kappa shape index (κ3) is 1.75. The highest BCUT2D eigenvalue weighted by atomic mass is 16.4. The Bertz CT molecular complexity index is 580. The van der Waals surface area contributed by atoms with E-state index in [1.165, 1.54) is 0 Å². The summed E-state index contributed by atoms with van der Waals surface area (Å²) in [4.78, 5) is 39.9. The maximum absolute atomic E-state index is 12.4. The van der Waals surface area contributed by atoms with Gasteiger partial charge in [0.05, 0.1) is 17.5 Å². The molecule has 2 amide bonds. The number of aromatic amines is 1. The van der Waals surface area contributed by atoms with Gasteiger partial charge in [-0.05, 0) is 25.8 Å². The van der Waals surface area contributed by atoms with Crippen molar-refractivity contribution in [1.82, 2.24) is 4.98 Å². The second-order valence-electron chi connectivity index (χ2n) is 5.53. The van der Waals surface area contributed by atoms with Crippen LogP contribution in [0.4, 0.5) is 5.69 Å². The molecule has 20 heavy (non-hydrogen) atoms. The molecule has 1 saturated heterocycles. The number of carboxylic acids is 1. The van der Waals surface area contributed by atoms with Crippen LogP contribution in [0.5, 0.6) is 0 Å². The van der Waals surface area contributed by atoms with E-state index in [0.29, 0.717) is 5.69 Å². The Hall–Kier alpha value is -2.11. The highest BCUT2D eigenvalue weighted by Gasteiger charge is 2.49. The van der Waals surface area contributed by atoms with Crippen LogP contribution in [-0.4, -0.2) is 27.9 Å². The number of aromatic carboxylic acids is 1. The molecule has 2 heterocycles. The zero-order valence-corrected chi connectivity index (χ0v) is 11.2. The van der Waals surface area contributed by atoms with E-state index in [0.717, 1.165) is 30.6 Å². The average molecular weight is 276 g/mol. The Morgan fingerprint density at radius 1 is 1.25 bits per heavy atom. The summed E-state index contributed by atoms with van der Waals surface area (Å²) < 4.78 is 0. The molecular weight excluding hydrogens is 260 g/mol. The van der Waals surface area contributed by atoms with Gasteiger partial charge in [0, 0.05) is 5.69 Å². The van der Waals surface area contributed by atoms with E-state index in [2.05, 4.69) is 4.98 Å². The Labute approximate surface area is 115 Å². The second kappa shape index (κ2) is 4.47. The molecule has 0 aromatic carbocycles. The van der Waals surface area contributed by atoms with Crippen molar-refractivity contribution in [3.8, 4) is 0 Å². The maximum Gasteiger partial charge on any atom is 0.354 e. The number of hydrogen-bond acceptors (Lipinski definition) is 3. The van der Waals surface area contributed by atoms with E-state index >= 15 is 0 Å². The molecule has 2 atom stereocenters. The molecule has 1 saturated carbocycles. The van der Waals surface area contributed by atoms with Crippen molar-refractivity contribution in [2.24, 2.45) is 11.8 Å². The molecule has 1 aromatic heterocycles. The fourth-order valence-electron chi connectivity index (χ4n) is 3.31. The summed E-state index contributed by atoms with van der Waals surface area (Å²) in [6, 6.07) is 1.55. The lowest BCUT2D eigenvalue weighted by Gasteiger charge is -2.19. The van der Waals surface area contributed by atoms with Crippen molar-refractivity contribution in [3.05, 3.63) is 17.5 Å². The first-order chi connectivity index (χ1) is 9.50. The van der Waals surface area contributed by atoms with Crippen molar-refractivity contribution in [2.75, 3.05) is 4.90 Å². The molecule has 2 aliphatic rings. The predicted molar refractivity (Wildman–Crippen MR) is 70.4 cm³/mol. The first kappa shape index (κ1) is 12.9. The number of hydrogen-bond donors (Lipinski definition) is 2. The Morgan fingerprint density at radius 3 is 2.30 bits per heavy atom. The number of fused-ring (bicyclic) bond motifs is 1. The number of carbonyl (C=O) groups is 3. The van der Waals surface area contributed by atoms with E-state index in [9.17, 15) is 19.5 Å². The minimum Gasteiger partial charge on any atom is -0.477 e. The molecule has 1 aliphatic carbocycles. The summed E-state index contributed by atoms with van der Waals surface area (Å²) >= 11 is 0. The zero-order chi connectivity index (χ0) is 14.4. The van der Waals surface area contributed by atoms with Crippen LogP contribution < -0.4 is 4.90 Å². The first-order valence-corrected chi connectivity index (χ1v) is 6.81. The highest BCUT2D eigenvalue weighted by molar-refractivity contribution is 6.23. The minimum atomic E-state index is -1.16. The minimum absolute atomic E-state index is 0.0946. The van der Waals surface area contributed by atoms with Crippen molar-refractivity contribution in [1.29, 1.82) is 0 Å². The molecule has 0 bridgehead atoms. The number of H-pyrrole nitrogens is 1. The summed E-state index contributed by atoms with van der Waals surface area (Å²) in [6.07, 6.45) is 3.34. The molecule has 1 aromatic rings. The number of aryl methyl sites for hydroxylation is 1. The third-order valence-electron chi connectivity index (χ3n) is 4.23. The summed E-state index contributed by atoms with van der Waals surface area (Å²) in [7, 11) is 0. The molecule has 0 radical (unpaired) electrons. The van der Waals surface area contributed by atoms with Gasteiger partial charge in [-0.1, -0.05) is 12.8 Å². The van der Waals surface area contributed by atoms with E-state index < -0.39 is 5.97 Å². The number of aromatic nitrogens is 1. The largest absolute Gasteiger partial charge is 0.477 e. The van der Waals surface area contributed by atoms with Crippen LogP contribution in [0.3, 0.4) is 0 Å². The number of nitrogens with one attached hydrogen (secondary N) is 1. The lowest BCUT2D eigenvalue weighted by Crippen LogP contribution is -2.31. The number of nitrogens with zero attached hydrogens (tertiary/aromatic N) is 1. The molecule has 0 spiro atoms. The molecule has 2 fully saturated rings. The number of carboxylic acid groups (broad SMARTS) is 1. The lowest BCUT2D eigenvalue weighted by atomic mass is 9.81. The summed E-state index contributed by atoms with van der Waals surface area (Å²) in [5, 5.41) is 9.19. The average Bonchev–Trinajstić information content (AvgIpc) is 2.90. The fourth-order valence-corrected chi connectivity index (χ4v) is 3.31. The van der Waals surface area contributed by atoms with E-state index in [1.807, 2.05) is 0 Å². The number of imide groups is 1. The number of anilines is 1. The van der Waals surface area contributed by atoms with E-state index in [4.69, 9.17) is 0 Å². The fraction of sp³-hybridized carbons (Fsp3) is 0.500. The zero-order valence-electron chi connectivity index (χ0n) is 11.2. The van der Waals surface area contributed by atoms with Crippen molar-refractivity contribution >= 4 is 23.5 Å². The first-order valence-electron chi connectivity index (χ1n) is 6.81. The molecule has 2 unspecified atom stereocenters. The van der Waals surface area contributed by atoms with Crippen LogP contribution in [0.2, 0.25) is 0 Å². The molecular formula is C14H16N2O4. The predicted octanol–water partition coefficient (Wildman–Crippen LogP) is 1.70. The molecule has 2 N–H and O–H groups in total. The second-order valence-corrected chi connectivity index (χ2v) is 5.53. The quantitative estimate of drug-likeness (QED) is 0.804. The molecule has 6 nitrogen and oxygen atoms in total. The summed E-state index contributed by atoms with van der Waals surface area (Å²) in [5.74, 6) is -2.20. The van der Waals surface area contributed by atoms with Gasteiger partial charge in [0.15, 0.2) is 0 Å². The van der Waals surface area contributed by atoms with Gasteiger partial charge in [0.25, 0.3) is 0 Å². The number of rotatable bonds is 2. The van der Waals surface area contributed by atoms with Crippen LogP contribution in [0.15, 0.2) is 6.07 Å². The Morgan fingerprint density at radius 2 is 1.80 bits per heavy atom. The van der Waals surface area contributed by atoms with Gasteiger partial charge >= 0.3 is 5.97 Å². The van der Waals surface area contributed by atoms with Gasteiger partial charge in [-0.25, -0.2) is 9.69 Å².